The molecule has 0 spiro atoms. The SMILES string of the molecule is CC1=NN(Cc2ccc(Br)cc2)C(=O)C1CCC(=O)O. The molecule has 0 saturated heterocycles. The number of carbonyl (C=O) groups excluding carboxylic acids is 1. The zero-order chi connectivity index (χ0) is 14.7. The highest BCUT2D eigenvalue weighted by Crippen LogP contribution is 2.23. The number of carbonyl (C=O) groups is 2. The third-order valence-electron chi connectivity index (χ3n) is 3.23. The normalized spacial score (nSPS) is 18.3. The average molecular weight is 339 g/mol. The summed E-state index contributed by atoms with van der Waals surface area (Å²) in [5.41, 5.74) is 1.67. The predicted molar refractivity (Wildman–Crippen MR) is 78.2 cm³/mol. The molecule has 1 amide bonds. The lowest BCUT2D eigenvalue weighted by atomic mass is 9.98. The molecule has 0 aromatic heterocycles. The number of rotatable bonds is 5. The molecular weight excluding hydrogens is 324 g/mol. The molecule has 20 heavy (non-hydrogen) atoms. The monoisotopic (exact) mass is 338 g/mol. The number of aliphatic carboxylic acids is 1. The fourth-order valence-corrected chi connectivity index (χ4v) is 2.41. The maximum Gasteiger partial charge on any atom is 0.303 e. The fourth-order valence-electron chi connectivity index (χ4n) is 2.14. The fraction of sp³-hybridized carbons (Fsp3) is 0.357. The van der Waals surface area contributed by atoms with Gasteiger partial charge in [-0.2, -0.15) is 5.10 Å². The molecule has 1 atom stereocenters. The van der Waals surface area contributed by atoms with Crippen molar-refractivity contribution in [3.8, 4) is 0 Å². The Kier molecular flexibility index (Phi) is 4.54. The number of hydrogen-bond donors (Lipinski definition) is 1. The van der Waals surface area contributed by atoms with E-state index in [2.05, 4.69) is 21.0 Å². The Hall–Kier alpha value is -1.69. The van der Waals surface area contributed by atoms with E-state index in [1.54, 1.807) is 6.92 Å². The van der Waals surface area contributed by atoms with Gasteiger partial charge in [-0.3, -0.25) is 9.59 Å². The smallest absolute Gasteiger partial charge is 0.303 e. The number of benzene rings is 1. The Labute approximate surface area is 125 Å². The van der Waals surface area contributed by atoms with E-state index in [9.17, 15) is 9.59 Å². The van der Waals surface area contributed by atoms with Crippen LogP contribution in [0.15, 0.2) is 33.8 Å². The summed E-state index contributed by atoms with van der Waals surface area (Å²) >= 11 is 3.36. The zero-order valence-electron chi connectivity index (χ0n) is 11.0. The van der Waals surface area contributed by atoms with Gasteiger partial charge in [-0.15, -0.1) is 0 Å². The van der Waals surface area contributed by atoms with Gasteiger partial charge in [0.2, 0.25) is 0 Å². The van der Waals surface area contributed by atoms with Crippen LogP contribution >= 0.6 is 15.9 Å². The van der Waals surface area contributed by atoms with E-state index in [-0.39, 0.29) is 12.3 Å². The molecule has 0 radical (unpaired) electrons. The maximum atomic E-state index is 12.2. The van der Waals surface area contributed by atoms with Crippen molar-refractivity contribution >= 4 is 33.5 Å². The first-order valence-electron chi connectivity index (χ1n) is 6.30. The molecule has 6 heteroatoms. The minimum atomic E-state index is -0.892. The van der Waals surface area contributed by atoms with Crippen LogP contribution < -0.4 is 0 Å². The first-order chi connectivity index (χ1) is 9.47. The van der Waals surface area contributed by atoms with Crippen molar-refractivity contribution in [3.63, 3.8) is 0 Å². The quantitative estimate of drug-likeness (QED) is 0.897. The van der Waals surface area contributed by atoms with Crippen LogP contribution in [-0.4, -0.2) is 27.7 Å². The van der Waals surface area contributed by atoms with E-state index >= 15 is 0 Å². The van der Waals surface area contributed by atoms with Gasteiger partial charge in [0, 0.05) is 16.6 Å². The molecule has 0 aliphatic carbocycles. The lowest BCUT2D eigenvalue weighted by Gasteiger charge is -2.14. The van der Waals surface area contributed by atoms with Crippen molar-refractivity contribution in [1.82, 2.24) is 5.01 Å². The number of carboxylic acids is 1. The summed E-state index contributed by atoms with van der Waals surface area (Å²) in [5.74, 6) is -1.41. The van der Waals surface area contributed by atoms with E-state index < -0.39 is 11.9 Å². The molecule has 1 heterocycles. The molecule has 1 aromatic carbocycles. The highest BCUT2D eigenvalue weighted by atomic mass is 79.9. The van der Waals surface area contributed by atoms with Gasteiger partial charge in [0.05, 0.1) is 12.5 Å². The maximum absolute atomic E-state index is 12.2. The Morgan fingerprint density at radius 3 is 2.65 bits per heavy atom. The van der Waals surface area contributed by atoms with E-state index in [1.807, 2.05) is 24.3 Å². The predicted octanol–water partition coefficient (Wildman–Crippen LogP) is 2.65. The number of halogens is 1. The molecule has 5 nitrogen and oxygen atoms in total. The van der Waals surface area contributed by atoms with Crippen LogP contribution in [0.25, 0.3) is 0 Å². The summed E-state index contributed by atoms with van der Waals surface area (Å²) in [5, 5.41) is 14.4. The van der Waals surface area contributed by atoms with Gasteiger partial charge in [-0.25, -0.2) is 5.01 Å². The van der Waals surface area contributed by atoms with Gasteiger partial charge in [0.1, 0.15) is 0 Å². The first kappa shape index (κ1) is 14.7. The molecule has 1 aliphatic rings. The third kappa shape index (κ3) is 3.45. The Bertz CT molecular complexity index is 554. The molecule has 1 unspecified atom stereocenters. The third-order valence-corrected chi connectivity index (χ3v) is 3.76. The van der Waals surface area contributed by atoms with Gasteiger partial charge in [0.25, 0.3) is 5.91 Å². The zero-order valence-corrected chi connectivity index (χ0v) is 12.6. The molecule has 1 aliphatic heterocycles. The number of carboxylic acid groups (broad SMARTS) is 1. The molecule has 0 fully saturated rings. The van der Waals surface area contributed by atoms with Crippen LogP contribution in [0, 0.1) is 5.92 Å². The summed E-state index contributed by atoms with van der Waals surface area (Å²) in [7, 11) is 0. The summed E-state index contributed by atoms with van der Waals surface area (Å²) < 4.78 is 0.980. The summed E-state index contributed by atoms with van der Waals surface area (Å²) in [6.07, 6.45) is 0.287. The van der Waals surface area contributed by atoms with Gasteiger partial charge in [-0.1, -0.05) is 28.1 Å². The average Bonchev–Trinajstić information content (AvgIpc) is 2.65. The summed E-state index contributed by atoms with van der Waals surface area (Å²) in [6, 6.07) is 7.67. The minimum Gasteiger partial charge on any atom is -0.481 e. The molecular formula is C14H15BrN2O3. The highest BCUT2D eigenvalue weighted by Gasteiger charge is 2.33. The molecule has 0 saturated carbocycles. The Balaban J connectivity index is 2.02. The van der Waals surface area contributed by atoms with Crippen LogP contribution in [0.3, 0.4) is 0 Å². The summed E-state index contributed by atoms with van der Waals surface area (Å²) in [4.78, 5) is 22.8. The first-order valence-corrected chi connectivity index (χ1v) is 7.09. The lowest BCUT2D eigenvalue weighted by molar-refractivity contribution is -0.137. The second kappa shape index (κ2) is 6.17. The van der Waals surface area contributed by atoms with Crippen LogP contribution in [0.1, 0.15) is 25.3 Å². The van der Waals surface area contributed by atoms with Gasteiger partial charge < -0.3 is 5.11 Å². The highest BCUT2D eigenvalue weighted by molar-refractivity contribution is 9.10. The van der Waals surface area contributed by atoms with Gasteiger partial charge in [-0.05, 0) is 31.0 Å². The van der Waals surface area contributed by atoms with Crippen molar-refractivity contribution in [2.75, 3.05) is 0 Å². The lowest BCUT2D eigenvalue weighted by Crippen LogP contribution is -2.27. The van der Waals surface area contributed by atoms with Crippen molar-refractivity contribution in [1.29, 1.82) is 0 Å². The van der Waals surface area contributed by atoms with Gasteiger partial charge in [0.15, 0.2) is 0 Å². The summed E-state index contributed by atoms with van der Waals surface area (Å²) in [6.45, 7) is 2.18. The number of amides is 1. The van der Waals surface area contributed by atoms with Crippen molar-refractivity contribution in [3.05, 3.63) is 34.3 Å². The Morgan fingerprint density at radius 2 is 2.05 bits per heavy atom. The van der Waals surface area contributed by atoms with E-state index in [0.29, 0.717) is 18.7 Å². The van der Waals surface area contributed by atoms with Crippen LogP contribution in [0.5, 0.6) is 0 Å². The van der Waals surface area contributed by atoms with Crippen LogP contribution in [0.2, 0.25) is 0 Å². The van der Waals surface area contributed by atoms with Crippen molar-refractivity contribution in [2.24, 2.45) is 11.0 Å². The molecule has 1 N–H and O–H groups in total. The molecule has 2 rings (SSSR count). The second-order valence-corrected chi connectivity index (χ2v) is 5.66. The Morgan fingerprint density at radius 1 is 1.40 bits per heavy atom. The van der Waals surface area contributed by atoms with E-state index in [4.69, 9.17) is 5.11 Å². The van der Waals surface area contributed by atoms with E-state index in [0.717, 1.165) is 10.0 Å². The molecule has 0 bridgehead atoms. The van der Waals surface area contributed by atoms with Gasteiger partial charge >= 0.3 is 5.97 Å². The number of hydrazone groups is 1. The molecule has 1 aromatic rings. The largest absolute Gasteiger partial charge is 0.481 e. The number of nitrogens with zero attached hydrogens (tertiary/aromatic N) is 2. The van der Waals surface area contributed by atoms with Crippen molar-refractivity contribution < 1.29 is 14.7 Å². The number of hydrogen-bond acceptors (Lipinski definition) is 3. The minimum absolute atomic E-state index is 0.0185. The van der Waals surface area contributed by atoms with Crippen LogP contribution in [-0.2, 0) is 16.1 Å². The standard InChI is InChI=1S/C14H15BrN2O3/c1-9-12(6-7-13(18)19)14(20)17(16-9)8-10-2-4-11(15)5-3-10/h2-5,12H,6-8H2,1H3,(H,18,19). The van der Waals surface area contributed by atoms with Crippen LogP contribution in [0.4, 0.5) is 0 Å². The topological polar surface area (TPSA) is 70.0 Å². The second-order valence-electron chi connectivity index (χ2n) is 4.75. The van der Waals surface area contributed by atoms with E-state index in [1.165, 1.54) is 5.01 Å². The molecule has 106 valence electrons. The van der Waals surface area contributed by atoms with Crippen molar-refractivity contribution in [2.45, 2.75) is 26.3 Å².